The second-order valence-corrected chi connectivity index (χ2v) is 5.47. The Balaban J connectivity index is 2.73. The molecule has 0 saturated carbocycles. The molecule has 1 aromatic carbocycles. The van der Waals surface area contributed by atoms with E-state index < -0.39 is 5.54 Å². The van der Waals surface area contributed by atoms with Crippen LogP contribution in [0.15, 0.2) is 24.3 Å². The van der Waals surface area contributed by atoms with E-state index in [9.17, 15) is 4.79 Å². The lowest BCUT2D eigenvalue weighted by atomic mass is 10.0. The van der Waals surface area contributed by atoms with Crippen LogP contribution in [0.2, 0.25) is 0 Å². The number of benzene rings is 1. The highest BCUT2D eigenvalue weighted by Gasteiger charge is 2.26. The summed E-state index contributed by atoms with van der Waals surface area (Å²) in [5, 5.41) is 6.07. The molecule has 0 radical (unpaired) electrons. The standard InChI is InChI=1S/C16H26N2O2/c1-6-12(3)20-14-10-8-9-13(11-14)18-15(19)16(4,5)17-7-2/h8-12,17H,6-7H2,1-5H3,(H,18,19). The summed E-state index contributed by atoms with van der Waals surface area (Å²) in [6.07, 6.45) is 1.11. The maximum absolute atomic E-state index is 12.2. The van der Waals surface area contributed by atoms with Gasteiger partial charge in [-0.2, -0.15) is 0 Å². The van der Waals surface area contributed by atoms with Gasteiger partial charge in [-0.1, -0.05) is 19.9 Å². The minimum Gasteiger partial charge on any atom is -0.491 e. The second-order valence-electron chi connectivity index (χ2n) is 5.47. The van der Waals surface area contributed by atoms with Crippen LogP contribution in [-0.2, 0) is 4.79 Å². The predicted octanol–water partition coefficient (Wildman–Crippen LogP) is 3.19. The zero-order chi connectivity index (χ0) is 15.2. The van der Waals surface area contributed by atoms with Gasteiger partial charge in [-0.25, -0.2) is 0 Å². The first-order chi connectivity index (χ1) is 9.39. The van der Waals surface area contributed by atoms with E-state index in [0.717, 1.165) is 24.4 Å². The van der Waals surface area contributed by atoms with Crippen LogP contribution in [0.3, 0.4) is 0 Å². The molecule has 0 aliphatic carbocycles. The van der Waals surface area contributed by atoms with Crippen LogP contribution in [0.1, 0.15) is 41.0 Å². The molecular formula is C16H26N2O2. The van der Waals surface area contributed by atoms with Crippen molar-refractivity contribution in [3.8, 4) is 5.75 Å². The van der Waals surface area contributed by atoms with E-state index in [0.29, 0.717) is 0 Å². The Morgan fingerprint density at radius 3 is 2.65 bits per heavy atom. The maximum Gasteiger partial charge on any atom is 0.244 e. The van der Waals surface area contributed by atoms with E-state index in [4.69, 9.17) is 4.74 Å². The first kappa shape index (κ1) is 16.5. The first-order valence-corrected chi connectivity index (χ1v) is 7.22. The molecule has 1 aromatic rings. The van der Waals surface area contributed by atoms with E-state index in [2.05, 4.69) is 17.6 Å². The van der Waals surface area contributed by atoms with Crippen LogP contribution in [0.25, 0.3) is 0 Å². The van der Waals surface area contributed by atoms with Crippen LogP contribution >= 0.6 is 0 Å². The van der Waals surface area contributed by atoms with Crippen molar-refractivity contribution in [2.75, 3.05) is 11.9 Å². The van der Waals surface area contributed by atoms with E-state index in [1.165, 1.54) is 0 Å². The molecule has 20 heavy (non-hydrogen) atoms. The number of ether oxygens (including phenoxy) is 1. The third kappa shape index (κ3) is 4.85. The number of hydrogen-bond donors (Lipinski definition) is 2. The largest absolute Gasteiger partial charge is 0.491 e. The van der Waals surface area contributed by atoms with Crippen molar-refractivity contribution in [1.29, 1.82) is 0 Å². The van der Waals surface area contributed by atoms with Gasteiger partial charge in [0.25, 0.3) is 0 Å². The third-order valence-electron chi connectivity index (χ3n) is 3.19. The number of carbonyl (C=O) groups excluding carboxylic acids is 1. The van der Waals surface area contributed by atoms with Gasteiger partial charge in [0, 0.05) is 11.8 Å². The molecular weight excluding hydrogens is 252 g/mol. The molecule has 1 rings (SSSR count). The van der Waals surface area contributed by atoms with Crippen LogP contribution in [0.5, 0.6) is 5.75 Å². The lowest BCUT2D eigenvalue weighted by Gasteiger charge is -2.24. The highest BCUT2D eigenvalue weighted by molar-refractivity contribution is 5.97. The van der Waals surface area contributed by atoms with Gasteiger partial charge in [0.05, 0.1) is 11.6 Å². The lowest BCUT2D eigenvalue weighted by Crippen LogP contribution is -2.49. The average molecular weight is 278 g/mol. The number of amides is 1. The number of carbonyl (C=O) groups is 1. The summed E-state index contributed by atoms with van der Waals surface area (Å²) in [4.78, 5) is 12.2. The molecule has 1 amide bonds. The summed E-state index contributed by atoms with van der Waals surface area (Å²) in [6, 6.07) is 7.50. The normalized spacial score (nSPS) is 12.8. The number of likely N-dealkylation sites (N-methyl/N-ethyl adjacent to an activating group) is 1. The number of rotatable bonds is 7. The number of nitrogens with one attached hydrogen (secondary N) is 2. The fraction of sp³-hybridized carbons (Fsp3) is 0.562. The SMILES string of the molecule is CCNC(C)(C)C(=O)Nc1cccc(OC(C)CC)c1. The second kappa shape index (κ2) is 7.29. The van der Waals surface area contributed by atoms with Crippen LogP contribution < -0.4 is 15.4 Å². The molecule has 0 bridgehead atoms. The maximum atomic E-state index is 12.2. The Bertz CT molecular complexity index is 444. The van der Waals surface area contributed by atoms with Gasteiger partial charge >= 0.3 is 0 Å². The van der Waals surface area contributed by atoms with E-state index in [1.807, 2.05) is 52.0 Å². The molecule has 2 N–H and O–H groups in total. The van der Waals surface area contributed by atoms with Gasteiger partial charge in [-0.15, -0.1) is 0 Å². The molecule has 1 atom stereocenters. The molecule has 0 aliphatic heterocycles. The third-order valence-corrected chi connectivity index (χ3v) is 3.19. The Kier molecular flexibility index (Phi) is 6.02. The molecule has 112 valence electrons. The van der Waals surface area contributed by atoms with E-state index in [-0.39, 0.29) is 12.0 Å². The average Bonchev–Trinajstić information content (AvgIpc) is 2.38. The van der Waals surface area contributed by atoms with Crippen molar-refractivity contribution in [2.45, 2.75) is 52.7 Å². The quantitative estimate of drug-likeness (QED) is 0.805. The Hall–Kier alpha value is -1.55. The van der Waals surface area contributed by atoms with Crippen molar-refractivity contribution < 1.29 is 9.53 Å². The fourth-order valence-corrected chi connectivity index (χ4v) is 1.77. The van der Waals surface area contributed by atoms with E-state index in [1.54, 1.807) is 0 Å². The van der Waals surface area contributed by atoms with Crippen molar-refractivity contribution in [1.82, 2.24) is 5.32 Å². The highest BCUT2D eigenvalue weighted by Crippen LogP contribution is 2.20. The molecule has 4 nitrogen and oxygen atoms in total. The molecule has 0 heterocycles. The smallest absolute Gasteiger partial charge is 0.244 e. The van der Waals surface area contributed by atoms with Crippen molar-refractivity contribution in [2.24, 2.45) is 0 Å². The van der Waals surface area contributed by atoms with Crippen LogP contribution in [-0.4, -0.2) is 24.1 Å². The van der Waals surface area contributed by atoms with Crippen molar-refractivity contribution in [3.63, 3.8) is 0 Å². The van der Waals surface area contributed by atoms with Crippen LogP contribution in [0.4, 0.5) is 5.69 Å². The van der Waals surface area contributed by atoms with Gasteiger partial charge in [0.15, 0.2) is 0 Å². The number of hydrogen-bond acceptors (Lipinski definition) is 3. The zero-order valence-corrected chi connectivity index (χ0v) is 13.1. The van der Waals surface area contributed by atoms with Gasteiger partial charge in [-0.05, 0) is 45.9 Å². The minimum absolute atomic E-state index is 0.0555. The van der Waals surface area contributed by atoms with Crippen molar-refractivity contribution in [3.05, 3.63) is 24.3 Å². The molecule has 0 aromatic heterocycles. The van der Waals surface area contributed by atoms with Gasteiger partial charge in [0.1, 0.15) is 5.75 Å². The molecule has 4 heteroatoms. The predicted molar refractivity (Wildman–Crippen MR) is 83.2 cm³/mol. The summed E-state index contributed by atoms with van der Waals surface area (Å²) >= 11 is 0. The number of anilines is 1. The minimum atomic E-state index is -0.595. The van der Waals surface area contributed by atoms with Crippen LogP contribution in [0, 0.1) is 0 Å². The van der Waals surface area contributed by atoms with Gasteiger partial charge < -0.3 is 15.4 Å². The van der Waals surface area contributed by atoms with E-state index >= 15 is 0 Å². The zero-order valence-electron chi connectivity index (χ0n) is 13.1. The Labute approximate surface area is 121 Å². The lowest BCUT2D eigenvalue weighted by molar-refractivity contribution is -0.121. The van der Waals surface area contributed by atoms with Gasteiger partial charge in [-0.3, -0.25) is 4.79 Å². The molecule has 1 unspecified atom stereocenters. The summed E-state index contributed by atoms with van der Waals surface area (Å²) < 4.78 is 5.75. The first-order valence-electron chi connectivity index (χ1n) is 7.22. The molecule has 0 aliphatic rings. The summed E-state index contributed by atoms with van der Waals surface area (Å²) in [6.45, 7) is 10.6. The molecule has 0 fully saturated rings. The Morgan fingerprint density at radius 1 is 1.35 bits per heavy atom. The molecule has 0 saturated heterocycles. The summed E-state index contributed by atoms with van der Waals surface area (Å²) in [5.41, 5.74) is 0.157. The monoisotopic (exact) mass is 278 g/mol. The summed E-state index contributed by atoms with van der Waals surface area (Å²) in [7, 11) is 0. The highest BCUT2D eigenvalue weighted by atomic mass is 16.5. The fourth-order valence-electron chi connectivity index (χ4n) is 1.77. The molecule has 0 spiro atoms. The Morgan fingerprint density at radius 2 is 2.05 bits per heavy atom. The topological polar surface area (TPSA) is 50.4 Å². The van der Waals surface area contributed by atoms with Gasteiger partial charge in [0.2, 0.25) is 5.91 Å². The summed E-state index contributed by atoms with van der Waals surface area (Å²) in [5.74, 6) is 0.721. The van der Waals surface area contributed by atoms with Crippen molar-refractivity contribution >= 4 is 11.6 Å².